The Balaban J connectivity index is 1.74. The predicted molar refractivity (Wildman–Crippen MR) is 117 cm³/mol. The van der Waals surface area contributed by atoms with Gasteiger partial charge in [-0.05, 0) is 55.8 Å². The number of pyridine rings is 1. The molecule has 0 unspecified atom stereocenters. The van der Waals surface area contributed by atoms with E-state index in [1.165, 1.54) is 18.5 Å². The number of imidazole rings is 1. The molecule has 6 nitrogen and oxygen atoms in total. The summed E-state index contributed by atoms with van der Waals surface area (Å²) in [4.78, 5) is 17.8. The van der Waals surface area contributed by atoms with Crippen LogP contribution in [-0.2, 0) is 6.54 Å². The lowest BCUT2D eigenvalue weighted by molar-refractivity contribution is 0.622. The molecule has 0 bridgehead atoms. The Morgan fingerprint density at radius 1 is 1.00 bits per heavy atom. The molecule has 0 aliphatic carbocycles. The van der Waals surface area contributed by atoms with Crippen molar-refractivity contribution in [3.05, 3.63) is 106 Å². The van der Waals surface area contributed by atoms with Crippen LogP contribution in [0.2, 0.25) is 0 Å². The van der Waals surface area contributed by atoms with Gasteiger partial charge in [-0.25, -0.2) is 18.7 Å². The van der Waals surface area contributed by atoms with E-state index < -0.39 is 0 Å². The number of nitrogens with zero attached hydrogens (tertiary/aromatic N) is 5. The van der Waals surface area contributed by atoms with E-state index in [0.717, 1.165) is 39.4 Å². The van der Waals surface area contributed by atoms with E-state index in [9.17, 15) is 9.18 Å². The Labute approximate surface area is 177 Å². The van der Waals surface area contributed by atoms with Crippen LogP contribution in [0.1, 0.15) is 16.8 Å². The molecule has 0 spiro atoms. The zero-order valence-electron chi connectivity index (χ0n) is 17.2. The lowest BCUT2D eigenvalue weighted by Gasteiger charge is -2.09. The summed E-state index contributed by atoms with van der Waals surface area (Å²) in [5.74, 6) is -0.321. The van der Waals surface area contributed by atoms with Crippen molar-refractivity contribution in [2.75, 3.05) is 0 Å². The number of hydrogen-bond donors (Lipinski definition) is 0. The van der Waals surface area contributed by atoms with Crippen molar-refractivity contribution < 1.29 is 4.39 Å². The van der Waals surface area contributed by atoms with Gasteiger partial charge >= 0.3 is 5.69 Å². The maximum atomic E-state index is 13.7. The van der Waals surface area contributed by atoms with Gasteiger partial charge in [0.05, 0.1) is 17.9 Å². The highest BCUT2D eigenvalue weighted by atomic mass is 19.1. The van der Waals surface area contributed by atoms with Gasteiger partial charge in [0.1, 0.15) is 12.1 Å². The Morgan fingerprint density at radius 2 is 1.81 bits per heavy atom. The number of aromatic nitrogens is 5. The van der Waals surface area contributed by atoms with E-state index in [2.05, 4.69) is 10.1 Å². The molecule has 5 rings (SSSR count). The molecule has 3 aromatic heterocycles. The molecule has 3 heterocycles. The first-order chi connectivity index (χ1) is 15.0. The van der Waals surface area contributed by atoms with Crippen LogP contribution in [0, 0.1) is 19.7 Å². The van der Waals surface area contributed by atoms with E-state index in [1.807, 2.05) is 62.5 Å². The maximum absolute atomic E-state index is 13.7. The van der Waals surface area contributed by atoms with Crippen molar-refractivity contribution in [3.63, 3.8) is 0 Å². The molecule has 0 aliphatic rings. The Hall–Kier alpha value is -4.00. The van der Waals surface area contributed by atoms with Crippen molar-refractivity contribution >= 4 is 5.65 Å². The fraction of sp³-hybridized carbons (Fsp3) is 0.125. The lowest BCUT2D eigenvalue weighted by Crippen LogP contribution is -2.24. The molecule has 0 saturated carbocycles. The van der Waals surface area contributed by atoms with Gasteiger partial charge < -0.3 is 0 Å². The van der Waals surface area contributed by atoms with Crippen molar-refractivity contribution in [1.29, 1.82) is 0 Å². The zero-order chi connectivity index (χ0) is 21.5. The molecule has 0 radical (unpaired) electrons. The van der Waals surface area contributed by atoms with Gasteiger partial charge in [0.25, 0.3) is 0 Å². The van der Waals surface area contributed by atoms with Crippen molar-refractivity contribution in [2.24, 2.45) is 0 Å². The number of rotatable bonds is 4. The summed E-state index contributed by atoms with van der Waals surface area (Å²) in [6, 6.07) is 17.9. The highest BCUT2D eigenvalue weighted by Gasteiger charge is 2.20. The van der Waals surface area contributed by atoms with E-state index >= 15 is 0 Å². The van der Waals surface area contributed by atoms with Crippen LogP contribution in [0.4, 0.5) is 4.39 Å². The van der Waals surface area contributed by atoms with Crippen LogP contribution in [0.3, 0.4) is 0 Å². The Kier molecular flexibility index (Phi) is 4.51. The van der Waals surface area contributed by atoms with Crippen LogP contribution in [0.15, 0.2) is 78.0 Å². The number of hydrogen-bond acceptors (Lipinski definition) is 3. The molecule has 0 fully saturated rings. The third-order valence-electron chi connectivity index (χ3n) is 5.46. The summed E-state index contributed by atoms with van der Waals surface area (Å²) >= 11 is 0. The van der Waals surface area contributed by atoms with Gasteiger partial charge in [0, 0.05) is 17.5 Å². The van der Waals surface area contributed by atoms with Crippen LogP contribution >= 0.6 is 0 Å². The molecule has 2 aromatic carbocycles. The van der Waals surface area contributed by atoms with Crippen molar-refractivity contribution in [3.8, 4) is 16.9 Å². The summed E-state index contributed by atoms with van der Waals surface area (Å²) in [6.45, 7) is 4.19. The van der Waals surface area contributed by atoms with Gasteiger partial charge in [0.2, 0.25) is 0 Å². The number of benzene rings is 2. The summed E-state index contributed by atoms with van der Waals surface area (Å²) in [7, 11) is 0. The van der Waals surface area contributed by atoms with E-state index in [1.54, 1.807) is 19.7 Å². The second kappa shape index (κ2) is 7.36. The van der Waals surface area contributed by atoms with Gasteiger partial charge in [-0.2, -0.15) is 5.10 Å². The lowest BCUT2D eigenvalue weighted by atomic mass is 10.1. The second-order valence-electron chi connectivity index (χ2n) is 7.58. The Bertz CT molecular complexity index is 1460. The smallest absolute Gasteiger partial charge is 0.291 e. The minimum atomic E-state index is -0.321. The summed E-state index contributed by atoms with van der Waals surface area (Å²) < 4.78 is 18.8. The first-order valence-corrected chi connectivity index (χ1v) is 9.94. The summed E-state index contributed by atoms with van der Waals surface area (Å²) in [5, 5.41) is 4.22. The van der Waals surface area contributed by atoms with Gasteiger partial charge in [0.15, 0.2) is 5.65 Å². The zero-order valence-corrected chi connectivity index (χ0v) is 17.2. The quantitative estimate of drug-likeness (QED) is 0.445. The molecule has 5 aromatic rings. The number of halogens is 1. The predicted octanol–water partition coefficient (Wildman–Crippen LogP) is 4.15. The van der Waals surface area contributed by atoms with Crippen LogP contribution in [0.5, 0.6) is 0 Å². The highest BCUT2D eigenvalue weighted by Crippen LogP contribution is 2.26. The van der Waals surface area contributed by atoms with E-state index in [-0.39, 0.29) is 18.1 Å². The van der Waals surface area contributed by atoms with Gasteiger partial charge in [-0.3, -0.25) is 9.13 Å². The molecule has 154 valence electrons. The van der Waals surface area contributed by atoms with Crippen LogP contribution < -0.4 is 5.69 Å². The highest BCUT2D eigenvalue weighted by molar-refractivity contribution is 5.66. The van der Waals surface area contributed by atoms with Crippen LogP contribution in [-0.4, -0.2) is 23.7 Å². The summed E-state index contributed by atoms with van der Waals surface area (Å²) in [6.07, 6.45) is 3.36. The second-order valence-corrected chi connectivity index (χ2v) is 7.58. The molecule has 7 heteroatoms. The summed E-state index contributed by atoms with van der Waals surface area (Å²) in [5.41, 5.74) is 5.54. The molecular weight excluding hydrogens is 393 g/mol. The largest absolute Gasteiger partial charge is 0.333 e. The minimum absolute atomic E-state index is 0.181. The van der Waals surface area contributed by atoms with Gasteiger partial charge in [-0.1, -0.05) is 29.8 Å². The van der Waals surface area contributed by atoms with Crippen molar-refractivity contribution in [1.82, 2.24) is 23.7 Å². The first kappa shape index (κ1) is 19.0. The standard InChI is InChI=1S/C24H20FN5O/c1-16-6-9-21(10-7-16)30-23(19-8-11-22-26-15-27-29(22)14-19)17(2)28(24(30)31)13-18-4-3-5-20(25)12-18/h3-12,14-15H,13H2,1-2H3. The maximum Gasteiger partial charge on any atom is 0.333 e. The average Bonchev–Trinajstić information content (AvgIpc) is 3.32. The van der Waals surface area contributed by atoms with E-state index in [4.69, 9.17) is 0 Å². The molecule has 0 N–H and O–H groups in total. The fourth-order valence-electron chi connectivity index (χ4n) is 3.88. The van der Waals surface area contributed by atoms with E-state index in [0.29, 0.717) is 0 Å². The topological polar surface area (TPSA) is 57.1 Å². The third kappa shape index (κ3) is 3.34. The van der Waals surface area contributed by atoms with Gasteiger partial charge in [-0.15, -0.1) is 0 Å². The van der Waals surface area contributed by atoms with Crippen LogP contribution in [0.25, 0.3) is 22.6 Å². The molecule has 0 atom stereocenters. The van der Waals surface area contributed by atoms with Crippen molar-refractivity contribution in [2.45, 2.75) is 20.4 Å². The third-order valence-corrected chi connectivity index (χ3v) is 5.46. The number of aryl methyl sites for hydroxylation is 1. The monoisotopic (exact) mass is 413 g/mol. The minimum Gasteiger partial charge on any atom is -0.291 e. The molecule has 0 saturated heterocycles. The Morgan fingerprint density at radius 3 is 2.58 bits per heavy atom. The molecule has 0 aliphatic heterocycles. The fourth-order valence-corrected chi connectivity index (χ4v) is 3.88. The molecular formula is C24H20FN5O. The first-order valence-electron chi connectivity index (χ1n) is 9.94. The normalized spacial score (nSPS) is 11.3. The SMILES string of the molecule is Cc1ccc(-n2c(-c3ccc4ncnn4c3)c(C)n(Cc3cccc(F)c3)c2=O)cc1. The molecule has 31 heavy (non-hydrogen) atoms. The number of fused-ring (bicyclic) bond motifs is 1. The average molecular weight is 413 g/mol. The molecule has 0 amide bonds.